The number of nitrogens with two attached hydrogens (primary N) is 1. The van der Waals surface area contributed by atoms with E-state index in [4.69, 9.17) is 17.3 Å². The monoisotopic (exact) mass is 322 g/mol. The molecule has 2 rings (SSSR count). The summed E-state index contributed by atoms with van der Waals surface area (Å²) in [7, 11) is -3.94. The van der Waals surface area contributed by atoms with Crippen molar-refractivity contribution < 1.29 is 17.9 Å². The van der Waals surface area contributed by atoms with E-state index in [1.807, 2.05) is 0 Å². The highest BCUT2D eigenvalue weighted by atomic mass is 35.5. The second-order valence-corrected chi connectivity index (χ2v) is 7.20. The van der Waals surface area contributed by atoms with Gasteiger partial charge in [-0.25, -0.2) is 17.5 Å². The third-order valence-electron chi connectivity index (χ3n) is 3.47. The van der Waals surface area contributed by atoms with Crippen molar-refractivity contribution in [2.45, 2.75) is 36.2 Å². The van der Waals surface area contributed by atoms with Crippen molar-refractivity contribution in [3.63, 3.8) is 0 Å². The van der Waals surface area contributed by atoms with Crippen molar-refractivity contribution in [1.29, 1.82) is 0 Å². The summed E-state index contributed by atoms with van der Waals surface area (Å²) in [5.74, 6) is -0.775. The van der Waals surface area contributed by atoms with Gasteiger partial charge in [0.1, 0.15) is 10.7 Å². The highest BCUT2D eigenvalue weighted by molar-refractivity contribution is 7.89. The lowest BCUT2D eigenvalue weighted by molar-refractivity contribution is 0.0532. The summed E-state index contributed by atoms with van der Waals surface area (Å²) < 4.78 is 39.7. The summed E-state index contributed by atoms with van der Waals surface area (Å²) in [5.41, 5.74) is 4.04. The molecular formula is C12H16ClFN2O3S. The molecule has 5 nitrogen and oxygen atoms in total. The number of sulfonamides is 1. The first-order valence-corrected chi connectivity index (χ1v) is 8.06. The van der Waals surface area contributed by atoms with E-state index in [1.54, 1.807) is 0 Å². The molecular weight excluding hydrogens is 307 g/mol. The molecule has 1 saturated carbocycles. The van der Waals surface area contributed by atoms with Crippen molar-refractivity contribution in [3.05, 3.63) is 23.0 Å². The van der Waals surface area contributed by atoms with Gasteiger partial charge >= 0.3 is 0 Å². The molecule has 0 aromatic heterocycles. The first-order valence-electron chi connectivity index (χ1n) is 6.20. The predicted octanol–water partition coefficient (Wildman–Crippen LogP) is 1.64. The Morgan fingerprint density at radius 3 is 2.60 bits per heavy atom. The highest BCUT2D eigenvalue weighted by Gasteiger charge is 2.33. The molecule has 1 fully saturated rings. The van der Waals surface area contributed by atoms with Crippen LogP contribution in [0.1, 0.15) is 25.7 Å². The number of rotatable bonds is 4. The topological polar surface area (TPSA) is 92.4 Å². The van der Waals surface area contributed by atoms with Gasteiger partial charge in [0.05, 0.1) is 16.3 Å². The number of anilines is 1. The summed E-state index contributed by atoms with van der Waals surface area (Å²) in [5, 5.41) is 9.88. The quantitative estimate of drug-likeness (QED) is 0.735. The van der Waals surface area contributed by atoms with E-state index < -0.39 is 21.4 Å². The van der Waals surface area contributed by atoms with Crippen molar-refractivity contribution in [2.24, 2.45) is 0 Å². The van der Waals surface area contributed by atoms with Gasteiger partial charge in [-0.2, -0.15) is 0 Å². The highest BCUT2D eigenvalue weighted by Crippen LogP contribution is 2.30. The van der Waals surface area contributed by atoms with Crippen LogP contribution in [-0.2, 0) is 10.0 Å². The smallest absolute Gasteiger partial charge is 0.242 e. The van der Waals surface area contributed by atoms with Crippen molar-refractivity contribution in [1.82, 2.24) is 4.72 Å². The van der Waals surface area contributed by atoms with Gasteiger partial charge in [0.15, 0.2) is 0 Å². The Bertz CT molecular complexity index is 615. The van der Waals surface area contributed by atoms with Gasteiger partial charge < -0.3 is 10.8 Å². The van der Waals surface area contributed by atoms with Gasteiger partial charge in [-0.3, -0.25) is 0 Å². The van der Waals surface area contributed by atoms with Crippen LogP contribution in [0, 0.1) is 5.82 Å². The molecule has 1 aliphatic carbocycles. The van der Waals surface area contributed by atoms with Gasteiger partial charge in [0.25, 0.3) is 0 Å². The largest absolute Gasteiger partial charge is 0.396 e. The van der Waals surface area contributed by atoms with E-state index in [2.05, 4.69) is 4.72 Å². The molecule has 112 valence electrons. The fourth-order valence-electron chi connectivity index (χ4n) is 2.27. The van der Waals surface area contributed by atoms with Crippen LogP contribution in [-0.4, -0.2) is 25.7 Å². The standard InChI is InChI=1S/C12H16ClFN2O3S/c13-8-5-9(14)10(15)6-11(8)20(18,19)16-7-12(17)3-1-2-4-12/h5-6,16-17H,1-4,7,15H2. The maximum absolute atomic E-state index is 13.2. The Morgan fingerprint density at radius 1 is 1.40 bits per heavy atom. The summed E-state index contributed by atoms with van der Waals surface area (Å²) >= 11 is 5.74. The molecule has 0 aliphatic heterocycles. The SMILES string of the molecule is Nc1cc(S(=O)(=O)NCC2(O)CCCC2)c(Cl)cc1F. The van der Waals surface area contributed by atoms with Gasteiger partial charge in [-0.05, 0) is 25.0 Å². The Kier molecular flexibility index (Phi) is 4.24. The fourth-order valence-corrected chi connectivity index (χ4v) is 3.93. The Hall–Kier alpha value is -0.890. The Labute approximate surface area is 122 Å². The number of benzene rings is 1. The van der Waals surface area contributed by atoms with Crippen LogP contribution in [0.2, 0.25) is 5.02 Å². The van der Waals surface area contributed by atoms with Crippen LogP contribution in [0.3, 0.4) is 0 Å². The molecule has 8 heteroatoms. The summed E-state index contributed by atoms with van der Waals surface area (Å²) in [6, 6.07) is 1.83. The number of halogens is 2. The second-order valence-electron chi connectivity index (χ2n) is 5.06. The lowest BCUT2D eigenvalue weighted by atomic mass is 10.0. The van der Waals surface area contributed by atoms with E-state index in [-0.39, 0.29) is 22.2 Å². The van der Waals surface area contributed by atoms with E-state index in [9.17, 15) is 17.9 Å². The minimum absolute atomic E-state index is 0.0943. The lowest BCUT2D eigenvalue weighted by Gasteiger charge is -2.22. The molecule has 4 N–H and O–H groups in total. The average molecular weight is 323 g/mol. The van der Waals surface area contributed by atoms with Gasteiger partial charge in [0.2, 0.25) is 10.0 Å². The van der Waals surface area contributed by atoms with Crippen LogP contribution >= 0.6 is 11.6 Å². The summed E-state index contributed by atoms with van der Waals surface area (Å²) in [4.78, 5) is -0.292. The normalized spacial score (nSPS) is 18.4. The van der Waals surface area contributed by atoms with Gasteiger partial charge in [-0.1, -0.05) is 24.4 Å². The predicted molar refractivity (Wildman–Crippen MR) is 74.4 cm³/mol. The fraction of sp³-hybridized carbons (Fsp3) is 0.500. The van der Waals surface area contributed by atoms with Gasteiger partial charge in [-0.15, -0.1) is 0 Å². The van der Waals surface area contributed by atoms with E-state index in [1.165, 1.54) is 0 Å². The first-order chi connectivity index (χ1) is 9.23. The molecule has 0 bridgehead atoms. The lowest BCUT2D eigenvalue weighted by Crippen LogP contribution is -2.40. The Balaban J connectivity index is 2.20. The molecule has 1 aliphatic rings. The maximum atomic E-state index is 13.2. The molecule has 0 heterocycles. The van der Waals surface area contributed by atoms with Gasteiger partial charge in [0, 0.05) is 6.54 Å². The van der Waals surface area contributed by atoms with Crippen LogP contribution in [0.25, 0.3) is 0 Å². The van der Waals surface area contributed by atoms with E-state index in [0.717, 1.165) is 25.0 Å². The third kappa shape index (κ3) is 3.22. The molecule has 0 spiro atoms. The molecule has 20 heavy (non-hydrogen) atoms. The first kappa shape index (κ1) is 15.5. The molecule has 1 aromatic rings. The number of aliphatic hydroxyl groups is 1. The van der Waals surface area contributed by atoms with E-state index in [0.29, 0.717) is 12.8 Å². The minimum atomic E-state index is -3.94. The second kappa shape index (κ2) is 5.48. The van der Waals surface area contributed by atoms with E-state index >= 15 is 0 Å². The minimum Gasteiger partial charge on any atom is -0.396 e. The zero-order valence-corrected chi connectivity index (χ0v) is 12.3. The molecule has 0 saturated heterocycles. The molecule has 0 atom stereocenters. The van der Waals surface area contributed by atoms with Crippen molar-refractivity contribution in [3.8, 4) is 0 Å². The zero-order chi connectivity index (χ0) is 15.0. The molecule has 1 aromatic carbocycles. The number of nitrogens with one attached hydrogen (secondary N) is 1. The van der Waals surface area contributed by atoms with Crippen molar-refractivity contribution >= 4 is 27.3 Å². The maximum Gasteiger partial charge on any atom is 0.242 e. The van der Waals surface area contributed by atoms with Crippen LogP contribution in [0.4, 0.5) is 10.1 Å². The molecule has 0 radical (unpaired) electrons. The average Bonchev–Trinajstić information content (AvgIpc) is 2.79. The zero-order valence-electron chi connectivity index (χ0n) is 10.7. The van der Waals surface area contributed by atoms with Crippen molar-refractivity contribution in [2.75, 3.05) is 12.3 Å². The summed E-state index contributed by atoms with van der Waals surface area (Å²) in [6.45, 7) is -0.0943. The van der Waals surface area contributed by atoms with Crippen LogP contribution in [0.15, 0.2) is 17.0 Å². The Morgan fingerprint density at radius 2 is 2.00 bits per heavy atom. The molecule has 0 amide bonds. The number of hydrogen-bond donors (Lipinski definition) is 3. The third-order valence-corrected chi connectivity index (χ3v) is 5.33. The number of hydrogen-bond acceptors (Lipinski definition) is 4. The van der Waals surface area contributed by atoms with Crippen LogP contribution < -0.4 is 10.5 Å². The summed E-state index contributed by atoms with van der Waals surface area (Å²) in [6.07, 6.45) is 2.83. The molecule has 0 unspecified atom stereocenters. The number of nitrogen functional groups attached to an aromatic ring is 1. The van der Waals surface area contributed by atoms with Crippen LogP contribution in [0.5, 0.6) is 0 Å².